The third-order valence-electron chi connectivity index (χ3n) is 4.15. The lowest BCUT2D eigenvalue weighted by molar-refractivity contribution is 0.0474. The van der Waals surface area contributed by atoms with Gasteiger partial charge in [0.25, 0.3) is 0 Å². The smallest absolute Gasteiger partial charge is 0.0917 e. The van der Waals surface area contributed by atoms with Crippen molar-refractivity contribution in [3.63, 3.8) is 0 Å². The fourth-order valence-corrected chi connectivity index (χ4v) is 2.75. The van der Waals surface area contributed by atoms with Gasteiger partial charge in [0.1, 0.15) is 0 Å². The Morgan fingerprint density at radius 3 is 2.53 bits per heavy atom. The van der Waals surface area contributed by atoms with Crippen LogP contribution in [0.15, 0.2) is 24.3 Å². The molecule has 2 unspecified atom stereocenters. The van der Waals surface area contributed by atoms with Gasteiger partial charge in [-0.25, -0.2) is 0 Å². The molecule has 0 aliphatic carbocycles. The van der Waals surface area contributed by atoms with Gasteiger partial charge in [-0.1, -0.05) is 31.2 Å². The number of benzene rings is 1. The van der Waals surface area contributed by atoms with Gasteiger partial charge in [0.05, 0.1) is 6.10 Å². The van der Waals surface area contributed by atoms with Gasteiger partial charge in [-0.15, -0.1) is 0 Å². The number of piperazine rings is 1. The zero-order valence-corrected chi connectivity index (χ0v) is 12.3. The average Bonchev–Trinajstić information content (AvgIpc) is 2.42. The summed E-state index contributed by atoms with van der Waals surface area (Å²) in [5, 5.41) is 10.4. The maximum absolute atomic E-state index is 10.4. The predicted molar refractivity (Wildman–Crippen MR) is 79.3 cm³/mol. The number of hydrogen-bond donors (Lipinski definition) is 1. The number of aliphatic hydroxyl groups excluding tert-OH is 1. The SMILES string of the molecule is CCc1ccc(C(O)CN2CCN(C)CC2C)cc1. The largest absolute Gasteiger partial charge is 0.387 e. The van der Waals surface area contributed by atoms with E-state index in [-0.39, 0.29) is 6.10 Å². The van der Waals surface area contributed by atoms with Crippen LogP contribution in [0.3, 0.4) is 0 Å². The second-order valence-corrected chi connectivity index (χ2v) is 5.72. The first kappa shape index (κ1) is 14.5. The van der Waals surface area contributed by atoms with Gasteiger partial charge in [-0.2, -0.15) is 0 Å². The average molecular weight is 262 g/mol. The Balaban J connectivity index is 1.94. The lowest BCUT2D eigenvalue weighted by atomic mass is 10.0. The summed E-state index contributed by atoms with van der Waals surface area (Å²) in [6.45, 7) is 8.34. The molecule has 0 aromatic heterocycles. The van der Waals surface area contributed by atoms with Crippen molar-refractivity contribution in [3.8, 4) is 0 Å². The fourth-order valence-electron chi connectivity index (χ4n) is 2.75. The Labute approximate surface area is 116 Å². The van der Waals surface area contributed by atoms with Crippen LogP contribution in [0.4, 0.5) is 0 Å². The molecule has 0 spiro atoms. The number of β-amino-alcohol motifs (C(OH)–C–C–N with tert-alkyl or cyclic N) is 1. The van der Waals surface area contributed by atoms with Crippen molar-refractivity contribution >= 4 is 0 Å². The normalized spacial score (nSPS) is 23.5. The third kappa shape index (κ3) is 3.78. The van der Waals surface area contributed by atoms with E-state index in [0.29, 0.717) is 6.04 Å². The number of hydrogen-bond acceptors (Lipinski definition) is 3. The highest BCUT2D eigenvalue weighted by Gasteiger charge is 2.23. The number of aliphatic hydroxyl groups is 1. The standard InChI is InChI=1S/C16H26N2O/c1-4-14-5-7-15(8-6-14)16(19)12-18-10-9-17(3)11-13(18)2/h5-8,13,16,19H,4,9-12H2,1-3H3. The number of aryl methyl sites for hydroxylation is 1. The van der Waals surface area contributed by atoms with Gasteiger partial charge in [0, 0.05) is 32.2 Å². The van der Waals surface area contributed by atoms with Crippen LogP contribution in [0.25, 0.3) is 0 Å². The summed E-state index contributed by atoms with van der Waals surface area (Å²) in [5.41, 5.74) is 2.35. The van der Waals surface area contributed by atoms with Crippen LogP contribution in [0.1, 0.15) is 31.1 Å². The van der Waals surface area contributed by atoms with E-state index < -0.39 is 0 Å². The van der Waals surface area contributed by atoms with Crippen LogP contribution in [-0.2, 0) is 6.42 Å². The molecule has 19 heavy (non-hydrogen) atoms. The summed E-state index contributed by atoms with van der Waals surface area (Å²) in [6.07, 6.45) is 0.669. The van der Waals surface area contributed by atoms with Crippen molar-refractivity contribution in [3.05, 3.63) is 35.4 Å². The van der Waals surface area contributed by atoms with Crippen LogP contribution in [-0.4, -0.2) is 54.2 Å². The van der Waals surface area contributed by atoms with E-state index in [0.717, 1.165) is 38.2 Å². The molecule has 1 aliphatic heterocycles. The number of likely N-dealkylation sites (N-methyl/N-ethyl adjacent to an activating group) is 1. The molecular weight excluding hydrogens is 236 g/mol. The first-order valence-electron chi connectivity index (χ1n) is 7.29. The van der Waals surface area contributed by atoms with Gasteiger partial charge in [-0.3, -0.25) is 4.90 Å². The van der Waals surface area contributed by atoms with Crippen molar-refractivity contribution in [2.75, 3.05) is 33.2 Å². The molecule has 1 aliphatic rings. The van der Waals surface area contributed by atoms with Gasteiger partial charge in [-0.05, 0) is 31.5 Å². The van der Waals surface area contributed by atoms with Crippen LogP contribution >= 0.6 is 0 Å². The van der Waals surface area contributed by atoms with E-state index in [1.807, 2.05) is 0 Å². The van der Waals surface area contributed by atoms with E-state index in [1.54, 1.807) is 0 Å². The summed E-state index contributed by atoms with van der Waals surface area (Å²) in [4.78, 5) is 4.74. The summed E-state index contributed by atoms with van der Waals surface area (Å²) in [7, 11) is 2.16. The number of rotatable bonds is 4. The maximum Gasteiger partial charge on any atom is 0.0917 e. The minimum Gasteiger partial charge on any atom is -0.387 e. The number of nitrogens with zero attached hydrogens (tertiary/aromatic N) is 2. The van der Waals surface area contributed by atoms with Gasteiger partial charge in [0.15, 0.2) is 0 Å². The first-order chi connectivity index (χ1) is 9.10. The van der Waals surface area contributed by atoms with E-state index in [4.69, 9.17) is 0 Å². The molecule has 3 heteroatoms. The zero-order chi connectivity index (χ0) is 13.8. The van der Waals surface area contributed by atoms with Crippen molar-refractivity contribution < 1.29 is 5.11 Å². The molecule has 1 N–H and O–H groups in total. The Hall–Kier alpha value is -0.900. The van der Waals surface area contributed by atoms with Gasteiger partial charge >= 0.3 is 0 Å². The van der Waals surface area contributed by atoms with Crippen molar-refractivity contribution in [1.82, 2.24) is 9.80 Å². The Kier molecular flexibility index (Phi) is 4.97. The molecule has 1 aromatic rings. The van der Waals surface area contributed by atoms with E-state index in [2.05, 4.69) is 55.0 Å². The fraction of sp³-hybridized carbons (Fsp3) is 0.625. The van der Waals surface area contributed by atoms with Crippen molar-refractivity contribution in [2.45, 2.75) is 32.4 Å². The van der Waals surface area contributed by atoms with E-state index >= 15 is 0 Å². The lowest BCUT2D eigenvalue weighted by Crippen LogP contribution is -2.51. The summed E-state index contributed by atoms with van der Waals surface area (Å²) < 4.78 is 0. The Morgan fingerprint density at radius 1 is 1.26 bits per heavy atom. The Bertz CT molecular complexity index is 390. The molecule has 1 aromatic carbocycles. The molecule has 0 amide bonds. The monoisotopic (exact) mass is 262 g/mol. The van der Waals surface area contributed by atoms with Crippen molar-refractivity contribution in [2.24, 2.45) is 0 Å². The highest BCUT2D eigenvalue weighted by Crippen LogP contribution is 2.18. The summed E-state index contributed by atoms with van der Waals surface area (Å²) >= 11 is 0. The topological polar surface area (TPSA) is 26.7 Å². The highest BCUT2D eigenvalue weighted by atomic mass is 16.3. The summed E-state index contributed by atoms with van der Waals surface area (Å²) in [6, 6.07) is 8.87. The molecular formula is C16H26N2O. The van der Waals surface area contributed by atoms with E-state index in [1.165, 1.54) is 5.56 Å². The molecule has 1 saturated heterocycles. The highest BCUT2D eigenvalue weighted by molar-refractivity contribution is 5.24. The van der Waals surface area contributed by atoms with E-state index in [9.17, 15) is 5.11 Å². The van der Waals surface area contributed by atoms with Gasteiger partial charge in [0.2, 0.25) is 0 Å². The summed E-state index contributed by atoms with van der Waals surface area (Å²) in [5.74, 6) is 0. The molecule has 1 heterocycles. The van der Waals surface area contributed by atoms with Crippen molar-refractivity contribution in [1.29, 1.82) is 0 Å². The Morgan fingerprint density at radius 2 is 1.95 bits per heavy atom. The molecule has 1 fully saturated rings. The lowest BCUT2D eigenvalue weighted by Gasteiger charge is -2.39. The molecule has 0 radical (unpaired) electrons. The molecule has 3 nitrogen and oxygen atoms in total. The molecule has 106 valence electrons. The first-order valence-corrected chi connectivity index (χ1v) is 7.29. The molecule has 2 atom stereocenters. The third-order valence-corrected chi connectivity index (χ3v) is 4.15. The second kappa shape index (κ2) is 6.51. The predicted octanol–water partition coefficient (Wildman–Crippen LogP) is 1.92. The quantitative estimate of drug-likeness (QED) is 0.898. The zero-order valence-electron chi connectivity index (χ0n) is 12.3. The minimum absolute atomic E-state index is 0.378. The maximum atomic E-state index is 10.4. The van der Waals surface area contributed by atoms with Crippen LogP contribution in [0.5, 0.6) is 0 Å². The van der Waals surface area contributed by atoms with Crippen LogP contribution in [0.2, 0.25) is 0 Å². The van der Waals surface area contributed by atoms with Crippen LogP contribution in [0, 0.1) is 0 Å². The molecule has 0 bridgehead atoms. The molecule has 0 saturated carbocycles. The molecule has 2 rings (SSSR count). The van der Waals surface area contributed by atoms with Gasteiger partial charge < -0.3 is 10.0 Å². The minimum atomic E-state index is -0.378. The van der Waals surface area contributed by atoms with Crippen LogP contribution < -0.4 is 0 Å². The second-order valence-electron chi connectivity index (χ2n) is 5.72.